The molecule has 2 N–H and O–H groups in total. The average molecular weight is 158 g/mol. The second kappa shape index (κ2) is 4.66. The first-order valence-corrected chi connectivity index (χ1v) is 3.08. The topological polar surface area (TPSA) is 84.6 Å². The molecule has 0 aromatic rings. The van der Waals surface area contributed by atoms with Crippen LogP contribution in [0.5, 0.6) is 0 Å². The lowest BCUT2D eigenvalue weighted by Gasteiger charge is -2.19. The quantitative estimate of drug-likeness (QED) is 0.414. The molecule has 0 saturated carbocycles. The summed E-state index contributed by atoms with van der Waals surface area (Å²) in [7, 11) is 0. The summed E-state index contributed by atoms with van der Waals surface area (Å²) in [6.07, 6.45) is -0.897. The van der Waals surface area contributed by atoms with E-state index in [2.05, 4.69) is 0 Å². The van der Waals surface area contributed by atoms with E-state index < -0.39 is 12.2 Å². The molecule has 0 spiro atoms. The van der Waals surface area contributed by atoms with Gasteiger partial charge in [-0.3, -0.25) is 9.69 Å². The molecule has 0 aromatic heterocycles. The number of nitrogens with zero attached hydrogens (tertiary/aromatic N) is 2. The first kappa shape index (κ1) is 9.88. The maximum atomic E-state index is 10.1. The van der Waals surface area contributed by atoms with Crippen molar-refractivity contribution in [2.75, 3.05) is 13.1 Å². The molecule has 11 heavy (non-hydrogen) atoms. The Hall–Kier alpha value is -1.12. The molecule has 0 aliphatic rings. The van der Waals surface area contributed by atoms with Crippen molar-refractivity contribution < 1.29 is 15.0 Å². The van der Waals surface area contributed by atoms with Gasteiger partial charge in [-0.2, -0.15) is 5.26 Å². The van der Waals surface area contributed by atoms with Crippen LogP contribution in [0, 0.1) is 11.3 Å². The minimum atomic E-state index is -1.05. The van der Waals surface area contributed by atoms with E-state index >= 15 is 0 Å². The van der Waals surface area contributed by atoms with Crippen molar-refractivity contribution in [2.24, 2.45) is 0 Å². The van der Waals surface area contributed by atoms with Gasteiger partial charge in [-0.05, 0) is 6.92 Å². The van der Waals surface area contributed by atoms with E-state index in [9.17, 15) is 4.79 Å². The van der Waals surface area contributed by atoms with Gasteiger partial charge in [0, 0.05) is 0 Å². The molecule has 0 saturated heterocycles. The van der Waals surface area contributed by atoms with Crippen molar-refractivity contribution in [1.29, 1.82) is 5.26 Å². The van der Waals surface area contributed by atoms with Gasteiger partial charge < -0.3 is 10.2 Å². The zero-order valence-corrected chi connectivity index (χ0v) is 6.19. The fraction of sp³-hybridized carbons (Fsp3) is 0.667. The number of hydrogen-bond donors (Lipinski definition) is 2. The van der Waals surface area contributed by atoms with Gasteiger partial charge in [-0.25, -0.2) is 0 Å². The number of aliphatic carboxylic acids is 1. The SMILES string of the molecule is CC(O)N(CC#N)CC(=O)O. The Labute approximate surface area is 64.5 Å². The van der Waals surface area contributed by atoms with Gasteiger partial charge in [0.15, 0.2) is 0 Å². The van der Waals surface area contributed by atoms with Crippen LogP contribution in [0.3, 0.4) is 0 Å². The summed E-state index contributed by atoms with van der Waals surface area (Å²) in [6, 6.07) is 1.76. The van der Waals surface area contributed by atoms with E-state index in [-0.39, 0.29) is 13.1 Å². The van der Waals surface area contributed by atoms with Crippen molar-refractivity contribution in [3.05, 3.63) is 0 Å². The largest absolute Gasteiger partial charge is 0.480 e. The lowest BCUT2D eigenvalue weighted by atomic mass is 10.4. The van der Waals surface area contributed by atoms with Gasteiger partial charge >= 0.3 is 5.97 Å². The third-order valence-corrected chi connectivity index (χ3v) is 1.14. The molecule has 1 unspecified atom stereocenters. The molecular formula is C6H10N2O3. The normalized spacial score (nSPS) is 12.5. The Bertz CT molecular complexity index is 173. The van der Waals surface area contributed by atoms with Gasteiger partial charge in [-0.15, -0.1) is 0 Å². The van der Waals surface area contributed by atoms with E-state index in [0.717, 1.165) is 4.90 Å². The number of hydrogen-bond acceptors (Lipinski definition) is 4. The molecule has 5 nitrogen and oxygen atoms in total. The van der Waals surface area contributed by atoms with Crippen LogP contribution in [0.2, 0.25) is 0 Å². The van der Waals surface area contributed by atoms with E-state index in [4.69, 9.17) is 15.5 Å². The summed E-state index contributed by atoms with van der Waals surface area (Å²) in [5.74, 6) is -1.05. The Kier molecular flexibility index (Phi) is 4.18. The van der Waals surface area contributed by atoms with Gasteiger partial charge in [-0.1, -0.05) is 0 Å². The zero-order valence-electron chi connectivity index (χ0n) is 6.19. The first-order chi connectivity index (χ1) is 5.07. The Morgan fingerprint density at radius 1 is 1.82 bits per heavy atom. The molecule has 0 heterocycles. The number of nitriles is 1. The van der Waals surface area contributed by atoms with Gasteiger partial charge in [0.1, 0.15) is 6.23 Å². The predicted molar refractivity (Wildman–Crippen MR) is 36.5 cm³/mol. The lowest BCUT2D eigenvalue weighted by molar-refractivity contribution is -0.140. The predicted octanol–water partition coefficient (Wildman–Crippen LogP) is -0.765. The minimum Gasteiger partial charge on any atom is -0.480 e. The molecule has 0 aliphatic carbocycles. The van der Waals surface area contributed by atoms with E-state index in [0.29, 0.717) is 0 Å². The second-order valence-electron chi connectivity index (χ2n) is 2.09. The molecule has 5 heteroatoms. The maximum absolute atomic E-state index is 10.1. The van der Waals surface area contributed by atoms with Crippen LogP contribution in [-0.2, 0) is 4.79 Å². The summed E-state index contributed by atoms with van der Waals surface area (Å²) in [4.78, 5) is 11.3. The van der Waals surface area contributed by atoms with Crippen LogP contribution < -0.4 is 0 Å². The van der Waals surface area contributed by atoms with Crippen molar-refractivity contribution in [3.8, 4) is 6.07 Å². The summed E-state index contributed by atoms with van der Waals surface area (Å²) in [6.45, 7) is 1.02. The van der Waals surface area contributed by atoms with Crippen LogP contribution in [-0.4, -0.2) is 40.4 Å². The Morgan fingerprint density at radius 2 is 2.36 bits per heavy atom. The number of aliphatic hydroxyl groups excluding tert-OH is 1. The van der Waals surface area contributed by atoms with Crippen molar-refractivity contribution in [3.63, 3.8) is 0 Å². The molecule has 1 atom stereocenters. The number of carboxylic acid groups (broad SMARTS) is 1. The number of carboxylic acids is 1. The van der Waals surface area contributed by atoms with Crippen LogP contribution >= 0.6 is 0 Å². The van der Waals surface area contributed by atoms with Crippen LogP contribution in [0.15, 0.2) is 0 Å². The maximum Gasteiger partial charge on any atom is 0.317 e. The Balaban J connectivity index is 3.91. The fourth-order valence-corrected chi connectivity index (χ4v) is 0.585. The number of carbonyl (C=O) groups is 1. The summed E-state index contributed by atoms with van der Waals surface area (Å²) >= 11 is 0. The molecule has 0 bridgehead atoms. The highest BCUT2D eigenvalue weighted by Gasteiger charge is 2.13. The zero-order chi connectivity index (χ0) is 8.85. The van der Waals surface area contributed by atoms with Crippen LogP contribution in [0.4, 0.5) is 0 Å². The molecule has 62 valence electrons. The molecule has 0 aromatic carbocycles. The average Bonchev–Trinajstić information content (AvgIpc) is 1.86. The van der Waals surface area contributed by atoms with Crippen LogP contribution in [0.1, 0.15) is 6.92 Å². The van der Waals surface area contributed by atoms with Crippen LogP contribution in [0.25, 0.3) is 0 Å². The molecule has 0 rings (SSSR count). The van der Waals surface area contributed by atoms with Gasteiger partial charge in [0.05, 0.1) is 19.2 Å². The smallest absolute Gasteiger partial charge is 0.317 e. The van der Waals surface area contributed by atoms with Crippen molar-refractivity contribution in [1.82, 2.24) is 4.90 Å². The number of rotatable bonds is 4. The Morgan fingerprint density at radius 3 is 2.64 bits per heavy atom. The first-order valence-electron chi connectivity index (χ1n) is 3.08. The second-order valence-corrected chi connectivity index (χ2v) is 2.09. The highest BCUT2D eigenvalue weighted by molar-refractivity contribution is 5.69. The molecule has 0 radical (unpaired) electrons. The molecule has 0 fully saturated rings. The van der Waals surface area contributed by atoms with Crippen molar-refractivity contribution in [2.45, 2.75) is 13.2 Å². The summed E-state index contributed by atoms with van der Waals surface area (Å²) in [5, 5.41) is 25.4. The van der Waals surface area contributed by atoms with Crippen molar-refractivity contribution >= 4 is 5.97 Å². The highest BCUT2D eigenvalue weighted by Crippen LogP contribution is 1.92. The lowest BCUT2D eigenvalue weighted by Crippen LogP contribution is -2.37. The molecule has 0 aliphatic heterocycles. The standard InChI is InChI=1S/C6H10N2O3/c1-5(9)8(3-2-7)4-6(10)11/h5,9H,3-4H2,1H3,(H,10,11). The highest BCUT2D eigenvalue weighted by atomic mass is 16.4. The minimum absolute atomic E-state index is 0.0794. The number of aliphatic hydroxyl groups is 1. The third kappa shape index (κ3) is 4.31. The van der Waals surface area contributed by atoms with E-state index in [1.807, 2.05) is 0 Å². The monoisotopic (exact) mass is 158 g/mol. The fourth-order valence-electron chi connectivity index (χ4n) is 0.585. The van der Waals surface area contributed by atoms with Gasteiger partial charge in [0.25, 0.3) is 0 Å². The third-order valence-electron chi connectivity index (χ3n) is 1.14. The van der Waals surface area contributed by atoms with E-state index in [1.165, 1.54) is 6.92 Å². The molecular weight excluding hydrogens is 148 g/mol. The van der Waals surface area contributed by atoms with Gasteiger partial charge in [0.2, 0.25) is 0 Å². The van der Waals surface area contributed by atoms with E-state index in [1.54, 1.807) is 6.07 Å². The molecule has 0 amide bonds. The summed E-state index contributed by atoms with van der Waals surface area (Å²) in [5.41, 5.74) is 0. The summed E-state index contributed by atoms with van der Waals surface area (Å²) < 4.78 is 0.